The number of pyridine rings is 1. The molecule has 1 aliphatic carbocycles. The SMILES string of the molecule is CNC(=O)c1cc(OC2CC2)ccn1. The van der Waals surface area contributed by atoms with Crippen LogP contribution in [0.1, 0.15) is 23.3 Å². The van der Waals surface area contributed by atoms with E-state index in [9.17, 15) is 4.79 Å². The van der Waals surface area contributed by atoms with Gasteiger partial charge in [-0.15, -0.1) is 0 Å². The molecular weight excluding hydrogens is 180 g/mol. The van der Waals surface area contributed by atoms with Crippen molar-refractivity contribution in [1.82, 2.24) is 10.3 Å². The lowest BCUT2D eigenvalue weighted by atomic mass is 10.3. The molecule has 1 fully saturated rings. The first kappa shape index (κ1) is 8.99. The lowest BCUT2D eigenvalue weighted by molar-refractivity contribution is 0.0957. The molecule has 2 rings (SSSR count). The fourth-order valence-corrected chi connectivity index (χ4v) is 1.12. The maximum Gasteiger partial charge on any atom is 0.269 e. The van der Waals surface area contributed by atoms with Crippen molar-refractivity contribution in [2.24, 2.45) is 0 Å². The Labute approximate surface area is 82.3 Å². The minimum atomic E-state index is -0.189. The monoisotopic (exact) mass is 192 g/mol. The largest absolute Gasteiger partial charge is 0.490 e. The van der Waals surface area contributed by atoms with E-state index in [2.05, 4.69) is 10.3 Å². The first-order valence-corrected chi connectivity index (χ1v) is 4.64. The van der Waals surface area contributed by atoms with Crippen molar-refractivity contribution < 1.29 is 9.53 Å². The predicted molar refractivity (Wildman–Crippen MR) is 51.3 cm³/mol. The second-order valence-corrected chi connectivity index (χ2v) is 3.27. The smallest absolute Gasteiger partial charge is 0.269 e. The van der Waals surface area contributed by atoms with Gasteiger partial charge in [-0.3, -0.25) is 9.78 Å². The van der Waals surface area contributed by atoms with E-state index in [1.807, 2.05) is 0 Å². The molecule has 74 valence electrons. The van der Waals surface area contributed by atoms with Crippen molar-refractivity contribution in [2.75, 3.05) is 7.05 Å². The van der Waals surface area contributed by atoms with Gasteiger partial charge >= 0.3 is 0 Å². The molecular formula is C10H12N2O2. The van der Waals surface area contributed by atoms with Crippen LogP contribution in [0.3, 0.4) is 0 Å². The second kappa shape index (κ2) is 3.65. The summed E-state index contributed by atoms with van der Waals surface area (Å²) in [4.78, 5) is 15.2. The van der Waals surface area contributed by atoms with Crippen LogP contribution in [-0.4, -0.2) is 24.0 Å². The number of carbonyl (C=O) groups excluding carboxylic acids is 1. The van der Waals surface area contributed by atoms with Crippen molar-refractivity contribution >= 4 is 5.91 Å². The fraction of sp³-hybridized carbons (Fsp3) is 0.400. The molecule has 1 saturated carbocycles. The standard InChI is InChI=1S/C10H12N2O2/c1-11-10(13)9-6-8(4-5-12-9)14-7-2-3-7/h4-7H,2-3H2,1H3,(H,11,13). The zero-order chi connectivity index (χ0) is 9.97. The van der Waals surface area contributed by atoms with E-state index in [1.165, 1.54) is 0 Å². The van der Waals surface area contributed by atoms with Gasteiger partial charge in [0.25, 0.3) is 5.91 Å². The van der Waals surface area contributed by atoms with E-state index in [4.69, 9.17) is 4.74 Å². The Balaban J connectivity index is 2.12. The molecule has 0 bridgehead atoms. The Hall–Kier alpha value is -1.58. The number of carbonyl (C=O) groups is 1. The van der Waals surface area contributed by atoms with E-state index in [0.29, 0.717) is 11.8 Å². The molecule has 0 aliphatic heterocycles. The minimum absolute atomic E-state index is 0.189. The minimum Gasteiger partial charge on any atom is -0.490 e. The van der Waals surface area contributed by atoms with Crippen molar-refractivity contribution in [3.8, 4) is 5.75 Å². The summed E-state index contributed by atoms with van der Waals surface area (Å²) in [5, 5.41) is 2.52. The van der Waals surface area contributed by atoms with Crippen molar-refractivity contribution in [3.05, 3.63) is 24.0 Å². The summed E-state index contributed by atoms with van der Waals surface area (Å²) in [6.07, 6.45) is 4.15. The highest BCUT2D eigenvalue weighted by molar-refractivity contribution is 5.92. The van der Waals surface area contributed by atoms with Crippen molar-refractivity contribution in [1.29, 1.82) is 0 Å². The van der Waals surface area contributed by atoms with Gasteiger partial charge in [0.1, 0.15) is 11.4 Å². The zero-order valence-electron chi connectivity index (χ0n) is 7.99. The van der Waals surface area contributed by atoms with E-state index in [0.717, 1.165) is 18.6 Å². The van der Waals surface area contributed by atoms with Gasteiger partial charge < -0.3 is 10.1 Å². The average Bonchev–Trinajstić information content (AvgIpc) is 3.01. The van der Waals surface area contributed by atoms with Gasteiger partial charge in [-0.2, -0.15) is 0 Å². The normalized spacial score (nSPS) is 14.9. The number of hydrogen-bond donors (Lipinski definition) is 1. The van der Waals surface area contributed by atoms with Gasteiger partial charge in [0.15, 0.2) is 0 Å². The van der Waals surface area contributed by atoms with Crippen LogP contribution in [-0.2, 0) is 0 Å². The zero-order valence-corrected chi connectivity index (χ0v) is 7.99. The van der Waals surface area contributed by atoms with E-state index in [-0.39, 0.29) is 5.91 Å². The summed E-state index contributed by atoms with van der Waals surface area (Å²) in [5.41, 5.74) is 0.394. The first-order chi connectivity index (χ1) is 6.79. The van der Waals surface area contributed by atoms with E-state index < -0.39 is 0 Å². The lowest BCUT2D eigenvalue weighted by Crippen LogP contribution is -2.19. The van der Waals surface area contributed by atoms with Gasteiger partial charge in [-0.25, -0.2) is 0 Å². The molecule has 4 heteroatoms. The van der Waals surface area contributed by atoms with E-state index >= 15 is 0 Å². The summed E-state index contributed by atoms with van der Waals surface area (Å²) >= 11 is 0. The number of amides is 1. The molecule has 1 aromatic rings. The van der Waals surface area contributed by atoms with Crippen LogP contribution in [0.4, 0.5) is 0 Å². The van der Waals surface area contributed by atoms with Crippen LogP contribution in [0.25, 0.3) is 0 Å². The Bertz CT molecular complexity index is 348. The van der Waals surface area contributed by atoms with Crippen LogP contribution in [0.15, 0.2) is 18.3 Å². The van der Waals surface area contributed by atoms with Gasteiger partial charge in [-0.1, -0.05) is 0 Å². The fourth-order valence-electron chi connectivity index (χ4n) is 1.12. The van der Waals surface area contributed by atoms with Crippen LogP contribution in [0, 0.1) is 0 Å². The molecule has 0 aromatic carbocycles. The number of hydrogen-bond acceptors (Lipinski definition) is 3. The molecule has 0 radical (unpaired) electrons. The highest BCUT2D eigenvalue weighted by Gasteiger charge is 2.23. The van der Waals surface area contributed by atoms with Gasteiger partial charge in [0.2, 0.25) is 0 Å². The summed E-state index contributed by atoms with van der Waals surface area (Å²) < 4.78 is 5.54. The van der Waals surface area contributed by atoms with Gasteiger partial charge in [-0.05, 0) is 18.9 Å². The van der Waals surface area contributed by atoms with E-state index in [1.54, 1.807) is 25.4 Å². The van der Waals surface area contributed by atoms with Crippen LogP contribution >= 0.6 is 0 Å². The maximum absolute atomic E-state index is 11.2. The molecule has 1 amide bonds. The first-order valence-electron chi connectivity index (χ1n) is 4.64. The van der Waals surface area contributed by atoms with Crippen molar-refractivity contribution in [3.63, 3.8) is 0 Å². The molecule has 14 heavy (non-hydrogen) atoms. The Morgan fingerprint density at radius 1 is 1.64 bits per heavy atom. The summed E-state index contributed by atoms with van der Waals surface area (Å²) in [5.74, 6) is 0.535. The molecule has 0 spiro atoms. The third kappa shape index (κ3) is 2.02. The molecule has 1 heterocycles. The Morgan fingerprint density at radius 3 is 3.07 bits per heavy atom. The molecule has 0 atom stereocenters. The highest BCUT2D eigenvalue weighted by Crippen LogP contribution is 2.26. The molecule has 0 unspecified atom stereocenters. The number of nitrogens with one attached hydrogen (secondary N) is 1. The number of rotatable bonds is 3. The molecule has 0 saturated heterocycles. The predicted octanol–water partition coefficient (Wildman–Crippen LogP) is 0.982. The van der Waals surface area contributed by atoms with Gasteiger partial charge in [0, 0.05) is 19.3 Å². The molecule has 1 N–H and O–H groups in total. The van der Waals surface area contributed by atoms with Crippen LogP contribution < -0.4 is 10.1 Å². The third-order valence-corrected chi connectivity index (χ3v) is 2.02. The number of aromatic nitrogens is 1. The quantitative estimate of drug-likeness (QED) is 0.776. The third-order valence-electron chi connectivity index (χ3n) is 2.02. The molecule has 4 nitrogen and oxygen atoms in total. The van der Waals surface area contributed by atoms with Crippen molar-refractivity contribution in [2.45, 2.75) is 18.9 Å². The number of ether oxygens (including phenoxy) is 1. The molecule has 1 aliphatic rings. The van der Waals surface area contributed by atoms with Gasteiger partial charge in [0.05, 0.1) is 6.10 Å². The Kier molecular flexibility index (Phi) is 2.35. The summed E-state index contributed by atoms with van der Waals surface area (Å²) in [6, 6.07) is 3.43. The topological polar surface area (TPSA) is 51.2 Å². The summed E-state index contributed by atoms with van der Waals surface area (Å²) in [7, 11) is 1.58. The maximum atomic E-state index is 11.2. The highest BCUT2D eigenvalue weighted by atomic mass is 16.5. The van der Waals surface area contributed by atoms with Crippen LogP contribution in [0.2, 0.25) is 0 Å². The van der Waals surface area contributed by atoms with Crippen LogP contribution in [0.5, 0.6) is 5.75 Å². The second-order valence-electron chi connectivity index (χ2n) is 3.27. The molecule has 1 aromatic heterocycles. The Morgan fingerprint density at radius 2 is 2.43 bits per heavy atom. The lowest BCUT2D eigenvalue weighted by Gasteiger charge is -2.04. The average molecular weight is 192 g/mol. The number of nitrogens with zero attached hydrogens (tertiary/aromatic N) is 1. The summed E-state index contributed by atoms with van der Waals surface area (Å²) in [6.45, 7) is 0.